The second kappa shape index (κ2) is 22.7. The van der Waals surface area contributed by atoms with Crippen LogP contribution in [0.5, 0.6) is 0 Å². The molecule has 0 bridgehead atoms. The third-order valence-corrected chi connectivity index (χ3v) is 21.7. The summed E-state index contributed by atoms with van der Waals surface area (Å²) < 4.78 is 5.00. The van der Waals surface area contributed by atoms with Gasteiger partial charge in [-0.1, -0.05) is 303 Å². The molecule has 4 nitrogen and oxygen atoms in total. The lowest BCUT2D eigenvalue weighted by atomic mass is 9.33. The molecule has 21 rings (SSSR count). The van der Waals surface area contributed by atoms with Gasteiger partial charge in [0.25, 0.3) is 6.71 Å². The molecule has 0 saturated carbocycles. The van der Waals surface area contributed by atoms with Gasteiger partial charge in [-0.3, -0.25) is 0 Å². The molecule has 0 saturated heterocycles. The highest BCUT2D eigenvalue weighted by molar-refractivity contribution is 7.00. The van der Waals surface area contributed by atoms with Gasteiger partial charge < -0.3 is 18.9 Å². The Balaban J connectivity index is 0.868. The van der Waals surface area contributed by atoms with E-state index >= 15 is 0 Å². The van der Waals surface area contributed by atoms with Gasteiger partial charge in [-0.25, -0.2) is 0 Å². The van der Waals surface area contributed by atoms with Gasteiger partial charge in [0.2, 0.25) is 0 Å². The van der Waals surface area contributed by atoms with E-state index in [0.717, 1.165) is 84.3 Å². The molecule has 2 aliphatic rings. The lowest BCUT2D eigenvalue weighted by Gasteiger charge is -2.45. The standard InChI is InChI=1S/C96H61BN4/c1-3-26-63(27-4-1)72-33-13-19-44-84(72)100-90-58-67(95-80-41-11-9-39-78(80)94(79-40-10-12-42-81(79)95)66-52-50-65(51-53-66)71-43-25-31-62-30-7-8-32-70(62)71)54-56-82(90)97-83-57-55-68(98-86-46-21-15-35-74(86)75-36-16-22-47-87(75)98)59-91(83)101(85-45-20-14-34-73(85)64-28-5-2-6-29-64)93-61-69(60-92(100)96(93)97)99-88-48-23-17-37-76(88)77-38-18-24-49-89(77)99/h1-61H. The van der Waals surface area contributed by atoms with E-state index in [4.69, 9.17) is 0 Å². The summed E-state index contributed by atoms with van der Waals surface area (Å²) in [6.45, 7) is -0.216. The van der Waals surface area contributed by atoms with Crippen molar-refractivity contribution in [3.8, 4) is 67.0 Å². The second-order valence-corrected chi connectivity index (χ2v) is 27.0. The fourth-order valence-electron chi connectivity index (χ4n) is 17.4. The maximum absolute atomic E-state index is 2.64. The molecule has 4 heterocycles. The lowest BCUT2D eigenvalue weighted by Crippen LogP contribution is -2.61. The number of hydrogen-bond donors (Lipinski definition) is 0. The fourth-order valence-corrected chi connectivity index (χ4v) is 17.4. The van der Waals surface area contributed by atoms with E-state index < -0.39 is 0 Å². The van der Waals surface area contributed by atoms with Gasteiger partial charge in [0.05, 0.1) is 39.1 Å². The number of anilines is 6. The third kappa shape index (κ3) is 8.70. The van der Waals surface area contributed by atoms with Crippen LogP contribution < -0.4 is 26.2 Å². The van der Waals surface area contributed by atoms with Crippen molar-refractivity contribution in [1.82, 2.24) is 9.13 Å². The number of rotatable bonds is 9. The molecule has 0 spiro atoms. The minimum Gasteiger partial charge on any atom is -0.311 e. The molecular formula is C96H61BN4. The fraction of sp³-hybridized carbons (Fsp3) is 0. The summed E-state index contributed by atoms with van der Waals surface area (Å²) in [5, 5.41) is 12.2. The van der Waals surface area contributed by atoms with E-state index in [1.165, 1.54) is 109 Å². The zero-order valence-corrected chi connectivity index (χ0v) is 55.1. The number of nitrogens with zero attached hydrogens (tertiary/aromatic N) is 4. The highest BCUT2D eigenvalue weighted by Gasteiger charge is 2.45. The van der Waals surface area contributed by atoms with Crippen molar-refractivity contribution in [2.24, 2.45) is 0 Å². The highest BCUT2D eigenvalue weighted by atomic mass is 15.2. The smallest absolute Gasteiger partial charge is 0.252 e. The molecule has 0 atom stereocenters. The van der Waals surface area contributed by atoms with Gasteiger partial charge in [-0.05, 0) is 160 Å². The SMILES string of the molecule is c1ccc(-c2ccccc2N2c3cc(-c4c5ccccc5c(-c5ccc(-c6cccc7ccccc67)cc5)c5ccccc45)ccc3B3c4ccc(-n5c6ccccc6c6ccccc65)cc4N(c4ccccc4-c4ccccc4)c4cc(-n5c6ccccc6c6ccccc65)cc2c43)cc1. The first kappa shape index (κ1) is 56.9. The predicted octanol–water partition coefficient (Wildman–Crippen LogP) is 23.8. The Hall–Kier alpha value is -13.2. The molecule has 468 valence electrons. The molecule has 2 aliphatic heterocycles. The zero-order valence-electron chi connectivity index (χ0n) is 55.1. The molecule has 2 aromatic heterocycles. The van der Waals surface area contributed by atoms with Crippen molar-refractivity contribution in [2.45, 2.75) is 0 Å². The van der Waals surface area contributed by atoms with Crippen LogP contribution in [0.25, 0.3) is 143 Å². The molecule has 5 heteroatoms. The number of para-hydroxylation sites is 6. The summed E-state index contributed by atoms with van der Waals surface area (Å²) in [6.07, 6.45) is 0. The number of fused-ring (bicyclic) bond motifs is 13. The first-order valence-electron chi connectivity index (χ1n) is 35.0. The normalized spacial score (nSPS) is 12.5. The first-order chi connectivity index (χ1) is 50.2. The van der Waals surface area contributed by atoms with Crippen molar-refractivity contribution in [3.63, 3.8) is 0 Å². The largest absolute Gasteiger partial charge is 0.311 e. The van der Waals surface area contributed by atoms with E-state index in [1.54, 1.807) is 0 Å². The van der Waals surface area contributed by atoms with E-state index in [0.29, 0.717) is 0 Å². The van der Waals surface area contributed by atoms with Gasteiger partial charge in [0.15, 0.2) is 0 Å². The van der Waals surface area contributed by atoms with Crippen LogP contribution in [0.4, 0.5) is 34.1 Å². The van der Waals surface area contributed by atoms with Crippen molar-refractivity contribution in [1.29, 1.82) is 0 Å². The maximum atomic E-state index is 2.64. The molecule has 19 aromatic rings. The zero-order chi connectivity index (χ0) is 66.2. The van der Waals surface area contributed by atoms with Gasteiger partial charge in [-0.2, -0.15) is 0 Å². The van der Waals surface area contributed by atoms with Crippen molar-refractivity contribution >= 4 is 133 Å². The molecule has 0 fully saturated rings. The van der Waals surface area contributed by atoms with E-state index in [1.807, 2.05) is 0 Å². The summed E-state index contributed by atoms with van der Waals surface area (Å²) in [5.41, 5.74) is 29.0. The second-order valence-electron chi connectivity index (χ2n) is 27.0. The summed E-state index contributed by atoms with van der Waals surface area (Å²) in [4.78, 5) is 5.27. The molecule has 101 heavy (non-hydrogen) atoms. The Bertz CT molecular complexity index is 6430. The Kier molecular flexibility index (Phi) is 12.8. The average Bonchev–Trinajstić information content (AvgIpc) is 0.920. The molecule has 0 N–H and O–H groups in total. The van der Waals surface area contributed by atoms with Gasteiger partial charge in [0.1, 0.15) is 0 Å². The Morgan fingerprint density at radius 1 is 0.198 bits per heavy atom. The number of benzene rings is 17. The highest BCUT2D eigenvalue weighted by Crippen LogP contribution is 2.52. The van der Waals surface area contributed by atoms with E-state index in [2.05, 4.69) is 389 Å². The molecule has 17 aromatic carbocycles. The Morgan fingerprint density at radius 3 is 1.06 bits per heavy atom. The summed E-state index contributed by atoms with van der Waals surface area (Å²) in [6, 6.07) is 138. The van der Waals surface area contributed by atoms with Crippen LogP contribution in [0, 0.1) is 0 Å². The maximum Gasteiger partial charge on any atom is 0.252 e. The predicted molar refractivity (Wildman–Crippen MR) is 429 cm³/mol. The molecule has 0 aliphatic carbocycles. The van der Waals surface area contributed by atoms with Crippen LogP contribution >= 0.6 is 0 Å². The third-order valence-electron chi connectivity index (χ3n) is 21.7. The lowest BCUT2D eigenvalue weighted by molar-refractivity contribution is 1.15. The van der Waals surface area contributed by atoms with Crippen LogP contribution in [0.2, 0.25) is 0 Å². The quantitative estimate of drug-likeness (QED) is 0.106. The van der Waals surface area contributed by atoms with Crippen LogP contribution in [-0.2, 0) is 0 Å². The number of aromatic nitrogens is 2. The van der Waals surface area contributed by atoms with Gasteiger partial charge in [0, 0.05) is 61.1 Å². The molecule has 0 unspecified atom stereocenters. The summed E-state index contributed by atoms with van der Waals surface area (Å²) >= 11 is 0. The van der Waals surface area contributed by atoms with Crippen molar-refractivity contribution in [3.05, 3.63) is 370 Å². The monoisotopic (exact) mass is 1280 g/mol. The topological polar surface area (TPSA) is 16.3 Å². The van der Waals surface area contributed by atoms with Crippen LogP contribution in [-0.4, -0.2) is 15.8 Å². The number of hydrogen-bond acceptors (Lipinski definition) is 2. The minimum atomic E-state index is -0.216. The minimum absolute atomic E-state index is 0.216. The molecule has 0 radical (unpaired) electrons. The molecule has 0 amide bonds. The van der Waals surface area contributed by atoms with Gasteiger partial charge in [-0.15, -0.1) is 0 Å². The summed E-state index contributed by atoms with van der Waals surface area (Å²) in [7, 11) is 0. The van der Waals surface area contributed by atoms with Crippen molar-refractivity contribution in [2.75, 3.05) is 9.80 Å². The Labute approximate surface area is 585 Å². The van der Waals surface area contributed by atoms with Gasteiger partial charge >= 0.3 is 0 Å². The first-order valence-corrected chi connectivity index (χ1v) is 35.0. The van der Waals surface area contributed by atoms with Crippen LogP contribution in [0.1, 0.15) is 0 Å². The summed E-state index contributed by atoms with van der Waals surface area (Å²) in [5.74, 6) is 0. The van der Waals surface area contributed by atoms with Crippen molar-refractivity contribution < 1.29 is 0 Å². The van der Waals surface area contributed by atoms with E-state index in [-0.39, 0.29) is 6.71 Å². The van der Waals surface area contributed by atoms with Crippen LogP contribution in [0.15, 0.2) is 370 Å². The average molecular weight is 1280 g/mol. The van der Waals surface area contributed by atoms with E-state index in [9.17, 15) is 0 Å². The van der Waals surface area contributed by atoms with Crippen LogP contribution in [0.3, 0.4) is 0 Å². The Morgan fingerprint density at radius 2 is 0.545 bits per heavy atom. The molecular weight excluding hydrogens is 1220 g/mol.